The number of nitrogens with zero attached hydrogens (tertiary/aromatic N) is 4. The lowest BCUT2D eigenvalue weighted by atomic mass is 10.1. The summed E-state index contributed by atoms with van der Waals surface area (Å²) in [5.41, 5.74) is 7.91. The van der Waals surface area contributed by atoms with Crippen molar-refractivity contribution in [1.29, 1.82) is 0 Å². The highest BCUT2D eigenvalue weighted by Crippen LogP contribution is 2.28. The second kappa shape index (κ2) is 6.38. The molecule has 1 atom stereocenters. The fraction of sp³-hybridized carbons (Fsp3) is 0.118. The van der Waals surface area contributed by atoms with Crippen LogP contribution in [0.2, 0.25) is 0 Å². The summed E-state index contributed by atoms with van der Waals surface area (Å²) in [6.07, 6.45) is 0. The van der Waals surface area contributed by atoms with Gasteiger partial charge in [-0.25, -0.2) is 8.78 Å². The molecule has 1 unspecified atom stereocenters. The van der Waals surface area contributed by atoms with Crippen LogP contribution in [-0.4, -0.2) is 26.3 Å². The van der Waals surface area contributed by atoms with Crippen molar-refractivity contribution in [3.63, 3.8) is 0 Å². The third kappa shape index (κ3) is 2.94. The lowest BCUT2D eigenvalue weighted by Crippen LogP contribution is -2.20. The van der Waals surface area contributed by atoms with Crippen LogP contribution in [0.25, 0.3) is 0 Å². The highest BCUT2D eigenvalue weighted by atomic mass is 32.2. The summed E-state index contributed by atoms with van der Waals surface area (Å²) in [5, 5.41) is 13.3. The maximum atomic E-state index is 14.1. The number of thioether (sulfide) groups is 1. The Bertz CT molecular complexity index is 955. The quantitative estimate of drug-likeness (QED) is 0.782. The van der Waals surface area contributed by atoms with E-state index in [9.17, 15) is 8.78 Å². The van der Waals surface area contributed by atoms with Gasteiger partial charge in [0.25, 0.3) is 0 Å². The fourth-order valence-corrected chi connectivity index (χ4v) is 3.44. The molecule has 5 nitrogen and oxygen atoms in total. The van der Waals surface area contributed by atoms with E-state index in [2.05, 4.69) is 15.3 Å². The predicted molar refractivity (Wildman–Crippen MR) is 91.5 cm³/mol. The second-order valence-corrected chi connectivity index (χ2v) is 6.44. The van der Waals surface area contributed by atoms with Gasteiger partial charge in [-0.1, -0.05) is 42.1 Å². The first-order chi connectivity index (χ1) is 12.1. The lowest BCUT2D eigenvalue weighted by molar-refractivity contribution is 0.581. The van der Waals surface area contributed by atoms with Crippen LogP contribution in [0, 0.1) is 11.6 Å². The third-order valence-corrected chi connectivity index (χ3v) is 4.80. The molecule has 2 N–H and O–H groups in total. The molecule has 1 aromatic heterocycles. The molecule has 8 heteroatoms. The molecule has 2 heterocycles. The topological polar surface area (TPSA) is 69.1 Å². The van der Waals surface area contributed by atoms with Crippen molar-refractivity contribution in [2.24, 2.45) is 10.8 Å². The van der Waals surface area contributed by atoms with E-state index >= 15 is 0 Å². The van der Waals surface area contributed by atoms with E-state index < -0.39 is 17.7 Å². The Morgan fingerprint density at radius 2 is 1.88 bits per heavy atom. The van der Waals surface area contributed by atoms with Crippen molar-refractivity contribution in [3.05, 3.63) is 77.1 Å². The predicted octanol–water partition coefficient (Wildman–Crippen LogP) is 2.96. The number of aromatic nitrogens is 3. The summed E-state index contributed by atoms with van der Waals surface area (Å²) < 4.78 is 28.7. The molecule has 126 valence electrons. The van der Waals surface area contributed by atoms with E-state index in [-0.39, 0.29) is 5.56 Å². The van der Waals surface area contributed by atoms with Crippen LogP contribution in [-0.2, 0) is 0 Å². The normalized spacial score (nSPS) is 14.8. The van der Waals surface area contributed by atoms with Crippen molar-refractivity contribution >= 4 is 17.5 Å². The largest absolute Gasteiger partial charge is 0.318 e. The molecule has 0 saturated carbocycles. The monoisotopic (exact) mass is 357 g/mol. The minimum Gasteiger partial charge on any atom is -0.318 e. The van der Waals surface area contributed by atoms with Crippen molar-refractivity contribution in [2.75, 3.05) is 5.75 Å². The Morgan fingerprint density at radius 1 is 1.08 bits per heavy atom. The Balaban J connectivity index is 1.75. The number of benzene rings is 2. The molecule has 0 amide bonds. The van der Waals surface area contributed by atoms with E-state index in [1.54, 1.807) is 0 Å². The van der Waals surface area contributed by atoms with Crippen LogP contribution in [0.4, 0.5) is 8.78 Å². The summed E-state index contributed by atoms with van der Waals surface area (Å²) in [4.78, 5) is 0. The number of halogens is 2. The van der Waals surface area contributed by atoms with Gasteiger partial charge in [-0.05, 0) is 17.7 Å². The minimum absolute atomic E-state index is 0.257. The number of hydrogen-bond acceptors (Lipinski definition) is 5. The van der Waals surface area contributed by atoms with Gasteiger partial charge in [0.15, 0.2) is 5.82 Å². The maximum absolute atomic E-state index is 14.1. The molecule has 0 saturated heterocycles. The highest BCUT2D eigenvalue weighted by Gasteiger charge is 2.25. The van der Waals surface area contributed by atoms with Gasteiger partial charge in [-0.3, -0.25) is 0 Å². The molecule has 25 heavy (non-hydrogen) atoms. The molecule has 1 aliphatic heterocycles. The molecule has 0 fully saturated rings. The summed E-state index contributed by atoms with van der Waals surface area (Å²) in [6, 6.07) is 12.4. The van der Waals surface area contributed by atoms with Gasteiger partial charge in [-0.2, -0.15) is 9.78 Å². The van der Waals surface area contributed by atoms with Crippen LogP contribution in [0.5, 0.6) is 0 Å². The first-order valence-electron chi connectivity index (χ1n) is 7.55. The Hall–Kier alpha value is -2.58. The maximum Gasteiger partial charge on any atom is 0.212 e. The van der Waals surface area contributed by atoms with Crippen LogP contribution in [0.15, 0.2) is 58.8 Å². The summed E-state index contributed by atoms with van der Waals surface area (Å²) in [6.45, 7) is 0. The molecule has 0 spiro atoms. The van der Waals surface area contributed by atoms with Crippen molar-refractivity contribution in [1.82, 2.24) is 14.9 Å². The van der Waals surface area contributed by atoms with E-state index in [1.807, 2.05) is 30.3 Å². The number of fused-ring (bicyclic) bond motifs is 1. The SMILES string of the molecule is NC(c1ccccc1)c1nnc2n1N=C(c1ccc(F)cc1F)CS2. The van der Waals surface area contributed by atoms with E-state index in [0.29, 0.717) is 22.4 Å². The van der Waals surface area contributed by atoms with E-state index in [1.165, 1.54) is 28.6 Å². The zero-order valence-electron chi connectivity index (χ0n) is 12.9. The van der Waals surface area contributed by atoms with Crippen LogP contribution in [0.3, 0.4) is 0 Å². The van der Waals surface area contributed by atoms with Gasteiger partial charge >= 0.3 is 0 Å². The molecule has 0 bridgehead atoms. The lowest BCUT2D eigenvalue weighted by Gasteiger charge is -2.16. The fourth-order valence-electron chi connectivity index (χ4n) is 2.60. The average Bonchev–Trinajstić information content (AvgIpc) is 3.05. The minimum atomic E-state index is -0.648. The Morgan fingerprint density at radius 3 is 2.64 bits per heavy atom. The van der Waals surface area contributed by atoms with Gasteiger partial charge < -0.3 is 5.73 Å². The highest BCUT2D eigenvalue weighted by molar-refractivity contribution is 7.99. The van der Waals surface area contributed by atoms with Gasteiger partial charge in [-0.15, -0.1) is 10.2 Å². The standard InChI is InChI=1S/C17H13F2N5S/c18-11-6-7-12(13(19)8-11)14-9-25-17-22-21-16(24(17)23-14)15(20)10-4-2-1-3-5-10/h1-8,15H,9,20H2. The average molecular weight is 357 g/mol. The number of hydrogen-bond donors (Lipinski definition) is 1. The zero-order valence-corrected chi connectivity index (χ0v) is 13.8. The molecular weight excluding hydrogens is 344 g/mol. The Labute approximate surface area is 146 Å². The number of nitrogens with two attached hydrogens (primary N) is 1. The van der Waals surface area contributed by atoms with Gasteiger partial charge in [0.05, 0.1) is 11.8 Å². The van der Waals surface area contributed by atoms with Gasteiger partial charge in [0.1, 0.15) is 11.6 Å². The molecule has 0 aliphatic carbocycles. The Kier molecular flexibility index (Phi) is 4.06. The van der Waals surface area contributed by atoms with Crippen LogP contribution in [0.1, 0.15) is 23.0 Å². The third-order valence-electron chi connectivity index (χ3n) is 3.87. The molecular formula is C17H13F2N5S. The van der Waals surface area contributed by atoms with Crippen molar-refractivity contribution < 1.29 is 8.78 Å². The summed E-state index contributed by atoms with van der Waals surface area (Å²) in [7, 11) is 0. The van der Waals surface area contributed by atoms with Crippen molar-refractivity contribution in [3.8, 4) is 0 Å². The van der Waals surface area contributed by atoms with Crippen molar-refractivity contribution in [2.45, 2.75) is 11.2 Å². The number of rotatable bonds is 3. The van der Waals surface area contributed by atoms with Gasteiger partial charge in [0.2, 0.25) is 5.16 Å². The van der Waals surface area contributed by atoms with Crippen LogP contribution >= 0.6 is 11.8 Å². The summed E-state index contributed by atoms with van der Waals surface area (Å²) in [5.74, 6) is -0.387. The first kappa shape index (κ1) is 15.9. The molecule has 4 rings (SSSR count). The first-order valence-corrected chi connectivity index (χ1v) is 8.54. The van der Waals surface area contributed by atoms with E-state index in [4.69, 9.17) is 5.73 Å². The zero-order chi connectivity index (χ0) is 17.4. The van der Waals surface area contributed by atoms with Crippen LogP contribution < -0.4 is 5.73 Å². The second-order valence-electron chi connectivity index (χ2n) is 5.50. The summed E-state index contributed by atoms with van der Waals surface area (Å²) >= 11 is 1.38. The van der Waals surface area contributed by atoms with Gasteiger partial charge in [0, 0.05) is 17.4 Å². The molecule has 0 radical (unpaired) electrons. The molecule has 3 aromatic rings. The smallest absolute Gasteiger partial charge is 0.212 e. The van der Waals surface area contributed by atoms with E-state index in [0.717, 1.165) is 11.6 Å². The molecule has 2 aromatic carbocycles. The molecule has 1 aliphatic rings.